The lowest BCUT2D eigenvalue weighted by Crippen LogP contribution is -2.64. The average molecular weight is 391 g/mol. The van der Waals surface area contributed by atoms with Gasteiger partial charge in [-0.3, -0.25) is 4.79 Å². The topological polar surface area (TPSA) is 136 Å². The molecule has 4 N–H and O–H groups in total. The molecule has 10 nitrogen and oxygen atoms in total. The first-order chi connectivity index (χ1) is 13.0. The summed E-state index contributed by atoms with van der Waals surface area (Å²) in [5, 5.41) is 31.7. The number of rotatable bonds is 13. The molecule has 0 radical (unpaired) electrons. The van der Waals surface area contributed by atoms with Crippen LogP contribution in [0.1, 0.15) is 6.92 Å². The Balaban J connectivity index is 2.24. The Hall–Kier alpha value is -1.29. The number of hydrogen-bond donors (Lipinski definition) is 4. The first kappa shape index (κ1) is 23.7. The summed E-state index contributed by atoms with van der Waals surface area (Å²) in [6.07, 6.45) is 0.315. The predicted octanol–water partition coefficient (Wildman–Crippen LogP) is -2.37. The van der Waals surface area contributed by atoms with Crippen LogP contribution in [0, 0.1) is 12.3 Å². The monoisotopic (exact) mass is 391 g/mol. The van der Waals surface area contributed by atoms with E-state index in [4.69, 9.17) is 30.1 Å². The third kappa shape index (κ3) is 8.96. The summed E-state index contributed by atoms with van der Waals surface area (Å²) < 4.78 is 26.6. The molecule has 10 heteroatoms. The van der Waals surface area contributed by atoms with Crippen LogP contribution in [0.2, 0.25) is 0 Å². The first-order valence-corrected chi connectivity index (χ1v) is 8.69. The van der Waals surface area contributed by atoms with E-state index < -0.39 is 43.2 Å². The van der Waals surface area contributed by atoms with Crippen molar-refractivity contribution >= 4 is 5.91 Å². The molecule has 0 aromatic heterocycles. The summed E-state index contributed by atoms with van der Waals surface area (Å²) >= 11 is 0. The van der Waals surface area contributed by atoms with Crippen LogP contribution < -0.4 is 5.32 Å². The van der Waals surface area contributed by atoms with Crippen molar-refractivity contribution in [3.63, 3.8) is 0 Å². The number of aliphatic hydroxyl groups is 3. The fourth-order valence-electron chi connectivity index (χ4n) is 2.41. The van der Waals surface area contributed by atoms with E-state index in [1.807, 2.05) is 0 Å². The number of amides is 1. The Bertz CT molecular complexity index is 456. The molecule has 0 aliphatic carbocycles. The molecule has 5 atom stereocenters. The molecule has 1 heterocycles. The Kier molecular flexibility index (Phi) is 12.2. The highest BCUT2D eigenvalue weighted by molar-refractivity contribution is 5.73. The van der Waals surface area contributed by atoms with Crippen molar-refractivity contribution in [1.82, 2.24) is 5.32 Å². The van der Waals surface area contributed by atoms with Gasteiger partial charge in [-0.1, -0.05) is 5.92 Å². The van der Waals surface area contributed by atoms with E-state index in [0.717, 1.165) is 0 Å². The minimum Gasteiger partial charge on any atom is -0.394 e. The zero-order chi connectivity index (χ0) is 20.1. The molecule has 0 spiro atoms. The van der Waals surface area contributed by atoms with E-state index in [-0.39, 0.29) is 19.8 Å². The van der Waals surface area contributed by atoms with Gasteiger partial charge in [0.15, 0.2) is 6.29 Å². The Morgan fingerprint density at radius 3 is 2.22 bits per heavy atom. The lowest BCUT2D eigenvalue weighted by molar-refractivity contribution is -0.272. The van der Waals surface area contributed by atoms with E-state index in [2.05, 4.69) is 11.2 Å². The molecule has 1 saturated heterocycles. The molecule has 0 saturated carbocycles. The fraction of sp³-hybridized carbons (Fsp3) is 0.824. The number of carbonyl (C=O) groups is 1. The van der Waals surface area contributed by atoms with Gasteiger partial charge in [0.05, 0.1) is 46.2 Å². The van der Waals surface area contributed by atoms with Gasteiger partial charge in [-0.05, 0) is 0 Å². The van der Waals surface area contributed by atoms with Crippen molar-refractivity contribution in [2.45, 2.75) is 37.6 Å². The molecule has 0 bridgehead atoms. The van der Waals surface area contributed by atoms with Crippen LogP contribution in [0.5, 0.6) is 0 Å². The molecular formula is C17H29NO9. The average Bonchev–Trinajstić information content (AvgIpc) is 2.64. The van der Waals surface area contributed by atoms with E-state index in [0.29, 0.717) is 26.4 Å². The fourth-order valence-corrected chi connectivity index (χ4v) is 2.41. The molecule has 0 aromatic rings. The Morgan fingerprint density at radius 1 is 1.07 bits per heavy atom. The molecule has 156 valence electrons. The predicted molar refractivity (Wildman–Crippen MR) is 92.6 cm³/mol. The summed E-state index contributed by atoms with van der Waals surface area (Å²) in [7, 11) is 0. The molecule has 1 aliphatic heterocycles. The molecule has 1 amide bonds. The third-order valence-electron chi connectivity index (χ3n) is 3.69. The molecule has 0 unspecified atom stereocenters. The summed E-state index contributed by atoms with van der Waals surface area (Å²) in [6.45, 7) is 2.93. The maximum absolute atomic E-state index is 11.3. The van der Waals surface area contributed by atoms with Gasteiger partial charge in [-0.25, -0.2) is 0 Å². The zero-order valence-electron chi connectivity index (χ0n) is 15.4. The maximum Gasteiger partial charge on any atom is 0.217 e. The Labute approximate surface area is 158 Å². The van der Waals surface area contributed by atoms with E-state index in [9.17, 15) is 20.1 Å². The summed E-state index contributed by atoms with van der Waals surface area (Å²) in [5.74, 6) is 1.94. The minimum atomic E-state index is -1.34. The number of terminal acetylenes is 1. The summed E-state index contributed by atoms with van der Waals surface area (Å²) in [5.41, 5.74) is 0. The van der Waals surface area contributed by atoms with Crippen molar-refractivity contribution in [1.29, 1.82) is 0 Å². The highest BCUT2D eigenvalue weighted by Crippen LogP contribution is 2.22. The van der Waals surface area contributed by atoms with Crippen LogP contribution in [-0.4, -0.2) is 105 Å². The number of ether oxygens (including phenoxy) is 5. The van der Waals surface area contributed by atoms with Gasteiger partial charge < -0.3 is 44.3 Å². The second-order valence-corrected chi connectivity index (χ2v) is 5.79. The SMILES string of the molecule is C#CCOCCOCCOCCO[C@@H]1O[C@H](CO)[C@@H](O)[C@H](O)[C@H]1NC(C)=O. The number of carbonyl (C=O) groups excluding carboxylic acids is 1. The van der Waals surface area contributed by atoms with Gasteiger partial charge in [0.25, 0.3) is 0 Å². The van der Waals surface area contributed by atoms with Crippen LogP contribution in [0.15, 0.2) is 0 Å². The third-order valence-corrected chi connectivity index (χ3v) is 3.69. The molecule has 0 aromatic carbocycles. The summed E-state index contributed by atoms with van der Waals surface area (Å²) in [6, 6.07) is -0.966. The summed E-state index contributed by atoms with van der Waals surface area (Å²) in [4.78, 5) is 11.3. The van der Waals surface area contributed by atoms with Crippen molar-refractivity contribution in [2.24, 2.45) is 0 Å². The van der Waals surface area contributed by atoms with Crippen molar-refractivity contribution < 1.29 is 43.8 Å². The van der Waals surface area contributed by atoms with Gasteiger partial charge in [0, 0.05) is 6.92 Å². The molecule has 1 rings (SSSR count). The van der Waals surface area contributed by atoms with Crippen molar-refractivity contribution in [3.8, 4) is 12.3 Å². The standard InChI is InChI=1S/C17H29NO9/c1-3-4-23-5-6-24-7-8-25-9-10-26-17-14(18-12(2)20)16(22)15(21)13(11-19)27-17/h1,13-17,19,21-22H,4-11H2,2H3,(H,18,20)/t13-,14-,15-,16-,17-/m1/s1. The highest BCUT2D eigenvalue weighted by Gasteiger charge is 2.45. The largest absolute Gasteiger partial charge is 0.394 e. The number of aliphatic hydroxyl groups excluding tert-OH is 3. The second kappa shape index (κ2) is 13.8. The first-order valence-electron chi connectivity index (χ1n) is 8.69. The van der Waals surface area contributed by atoms with Crippen molar-refractivity contribution in [3.05, 3.63) is 0 Å². The lowest BCUT2D eigenvalue weighted by Gasteiger charge is -2.42. The van der Waals surface area contributed by atoms with Gasteiger partial charge in [-0.2, -0.15) is 0 Å². The smallest absolute Gasteiger partial charge is 0.217 e. The van der Waals surface area contributed by atoms with Gasteiger partial charge in [-0.15, -0.1) is 6.42 Å². The highest BCUT2D eigenvalue weighted by atomic mass is 16.7. The zero-order valence-corrected chi connectivity index (χ0v) is 15.4. The van der Waals surface area contributed by atoms with Gasteiger partial charge in [0.2, 0.25) is 5.91 Å². The van der Waals surface area contributed by atoms with Crippen LogP contribution in [0.25, 0.3) is 0 Å². The minimum absolute atomic E-state index is 0.118. The molecule has 1 fully saturated rings. The second-order valence-electron chi connectivity index (χ2n) is 5.79. The maximum atomic E-state index is 11.3. The quantitative estimate of drug-likeness (QED) is 0.201. The van der Waals surface area contributed by atoms with Crippen LogP contribution >= 0.6 is 0 Å². The van der Waals surface area contributed by atoms with Gasteiger partial charge in [0.1, 0.15) is 31.0 Å². The van der Waals surface area contributed by atoms with Crippen LogP contribution in [-0.2, 0) is 28.5 Å². The number of hydrogen-bond acceptors (Lipinski definition) is 9. The van der Waals surface area contributed by atoms with Crippen LogP contribution in [0.4, 0.5) is 0 Å². The van der Waals surface area contributed by atoms with E-state index in [1.165, 1.54) is 6.92 Å². The lowest BCUT2D eigenvalue weighted by atomic mass is 9.97. The molecule has 1 aliphatic rings. The normalized spacial score (nSPS) is 27.9. The van der Waals surface area contributed by atoms with E-state index >= 15 is 0 Å². The van der Waals surface area contributed by atoms with E-state index in [1.54, 1.807) is 0 Å². The number of nitrogens with one attached hydrogen (secondary N) is 1. The Morgan fingerprint density at radius 2 is 1.67 bits per heavy atom. The molecular weight excluding hydrogens is 362 g/mol. The molecule has 27 heavy (non-hydrogen) atoms. The van der Waals surface area contributed by atoms with Gasteiger partial charge >= 0.3 is 0 Å². The van der Waals surface area contributed by atoms with Crippen LogP contribution in [0.3, 0.4) is 0 Å². The van der Waals surface area contributed by atoms with Crippen molar-refractivity contribution in [2.75, 3.05) is 52.9 Å².